The van der Waals surface area contributed by atoms with Gasteiger partial charge in [0.25, 0.3) is 0 Å². The molecule has 2 atom stereocenters. The highest BCUT2D eigenvalue weighted by molar-refractivity contribution is 7.73. The lowest BCUT2D eigenvalue weighted by molar-refractivity contribution is 0.228. The molecule has 1 aliphatic rings. The van der Waals surface area contributed by atoms with Gasteiger partial charge in [0.15, 0.2) is 0 Å². The zero-order valence-corrected chi connectivity index (χ0v) is 33.3. The van der Waals surface area contributed by atoms with Gasteiger partial charge in [-0.1, -0.05) is 128 Å². The van der Waals surface area contributed by atoms with Crippen LogP contribution in [0.4, 0.5) is 0 Å². The molecule has 0 aliphatic heterocycles. The van der Waals surface area contributed by atoms with E-state index in [1.54, 1.807) is 43.5 Å². The van der Waals surface area contributed by atoms with E-state index >= 15 is 0 Å². The van der Waals surface area contributed by atoms with Crippen LogP contribution in [0.1, 0.15) is 113 Å². The highest BCUT2D eigenvalue weighted by Gasteiger charge is 2.36. The predicted molar refractivity (Wildman–Crippen MR) is 219 cm³/mol. The molecule has 2 unspecified atom stereocenters. The second-order valence-corrected chi connectivity index (χ2v) is 18.5. The molecule has 0 spiro atoms. The van der Waals surface area contributed by atoms with E-state index in [2.05, 4.69) is 128 Å². The van der Waals surface area contributed by atoms with Crippen molar-refractivity contribution in [3.8, 4) is 0 Å². The van der Waals surface area contributed by atoms with Gasteiger partial charge < -0.3 is 0 Å². The number of rotatable bonds is 16. The minimum Gasteiger partial charge on any atom is -0.0613 e. The van der Waals surface area contributed by atoms with Crippen molar-refractivity contribution in [1.82, 2.24) is 0 Å². The van der Waals surface area contributed by atoms with Crippen molar-refractivity contribution in [3.05, 3.63) is 117 Å². The monoisotopic (exact) mass is 676 g/mol. The third kappa shape index (κ3) is 8.20. The molecule has 1 saturated carbocycles. The fourth-order valence-corrected chi connectivity index (χ4v) is 13.7. The Morgan fingerprint density at radius 1 is 0.354 bits per heavy atom. The number of hydrogen-bond acceptors (Lipinski definition) is 0. The number of benzene rings is 4. The molecule has 1 aliphatic carbocycles. The first-order valence-corrected chi connectivity index (χ1v) is 22.5. The Balaban J connectivity index is 1.51. The molecule has 0 nitrogen and oxygen atoms in total. The van der Waals surface area contributed by atoms with E-state index in [9.17, 15) is 0 Å². The van der Waals surface area contributed by atoms with Crippen molar-refractivity contribution < 1.29 is 0 Å². The Kier molecular flexibility index (Phi) is 13.6. The molecule has 48 heavy (non-hydrogen) atoms. The van der Waals surface area contributed by atoms with Gasteiger partial charge in [-0.3, -0.25) is 0 Å². The van der Waals surface area contributed by atoms with Gasteiger partial charge in [-0.05, 0) is 170 Å². The first kappa shape index (κ1) is 37.0. The molecule has 0 N–H and O–H groups in total. The molecule has 4 aromatic rings. The smallest absolute Gasteiger partial charge is 0.0192 e. The SMILES string of the molecule is CCc1ccc(P(CC2CCC2CP(c2ccc(CC)c(CC)c2)c2ccc(CC)c(CC)c2)c2ccc(CC)c(CC)c2)cc1CC. The van der Waals surface area contributed by atoms with Crippen LogP contribution >= 0.6 is 15.8 Å². The summed E-state index contributed by atoms with van der Waals surface area (Å²) in [6.07, 6.45) is 14.4. The molecule has 1 fully saturated rings. The predicted octanol–water partition coefficient (Wildman–Crippen LogP) is 10.8. The van der Waals surface area contributed by atoms with Gasteiger partial charge in [0, 0.05) is 0 Å². The molecule has 0 heterocycles. The maximum atomic E-state index is 2.60. The largest absolute Gasteiger partial charge is 0.0613 e. The normalized spacial score (nSPS) is 16.1. The van der Waals surface area contributed by atoms with Crippen LogP contribution in [0, 0.1) is 11.8 Å². The summed E-state index contributed by atoms with van der Waals surface area (Å²) >= 11 is 0. The standard InChI is InChI=1S/C46H62P2/c1-9-33-19-23-43(27-37(33)13-5)47(44-24-20-34(10-2)38(14-6)28-44)31-41-17-18-42(41)32-48(45-25-21-35(11-3)39(15-7)29-45)46-26-22-36(12-4)40(16-8)30-46/h19-30,41-42H,9-18,31-32H2,1-8H3. The van der Waals surface area contributed by atoms with Gasteiger partial charge in [0.05, 0.1) is 0 Å². The van der Waals surface area contributed by atoms with Crippen LogP contribution in [0.15, 0.2) is 72.8 Å². The molecule has 0 bridgehead atoms. The van der Waals surface area contributed by atoms with Crippen LogP contribution in [-0.2, 0) is 51.4 Å². The zero-order valence-electron chi connectivity index (χ0n) is 31.5. The molecule has 256 valence electrons. The summed E-state index contributed by atoms with van der Waals surface area (Å²) in [7, 11) is -0.811. The Morgan fingerprint density at radius 2 is 0.583 bits per heavy atom. The molecular formula is C46H62P2. The average molecular weight is 677 g/mol. The van der Waals surface area contributed by atoms with Crippen molar-refractivity contribution in [2.24, 2.45) is 11.8 Å². The van der Waals surface area contributed by atoms with E-state index in [-0.39, 0.29) is 0 Å². The van der Waals surface area contributed by atoms with Crippen LogP contribution in [0.2, 0.25) is 0 Å². The Bertz CT molecular complexity index is 1410. The van der Waals surface area contributed by atoms with Crippen molar-refractivity contribution >= 4 is 37.1 Å². The zero-order chi connectivity index (χ0) is 34.2. The van der Waals surface area contributed by atoms with Crippen LogP contribution in [0.25, 0.3) is 0 Å². The molecule has 0 saturated heterocycles. The molecule has 0 radical (unpaired) electrons. The summed E-state index contributed by atoms with van der Waals surface area (Å²) in [6, 6.07) is 30.3. The van der Waals surface area contributed by atoms with Gasteiger partial charge in [-0.25, -0.2) is 0 Å². The summed E-state index contributed by atoms with van der Waals surface area (Å²) in [5.74, 6) is 1.60. The molecule has 0 aromatic heterocycles. The Morgan fingerprint density at radius 3 is 0.771 bits per heavy atom. The van der Waals surface area contributed by atoms with Crippen molar-refractivity contribution in [3.63, 3.8) is 0 Å². The third-order valence-corrected chi connectivity index (χ3v) is 16.7. The lowest BCUT2D eigenvalue weighted by Gasteiger charge is -2.41. The fraction of sp³-hybridized carbons (Fsp3) is 0.478. The highest BCUT2D eigenvalue weighted by atomic mass is 31.1. The van der Waals surface area contributed by atoms with E-state index in [0.29, 0.717) is 0 Å². The quantitative estimate of drug-likeness (QED) is 0.104. The van der Waals surface area contributed by atoms with Crippen LogP contribution in [-0.4, -0.2) is 12.3 Å². The van der Waals surface area contributed by atoms with Gasteiger partial charge >= 0.3 is 0 Å². The minimum atomic E-state index is -0.405. The van der Waals surface area contributed by atoms with E-state index in [0.717, 1.165) is 63.2 Å². The lowest BCUT2D eigenvalue weighted by atomic mass is 9.76. The van der Waals surface area contributed by atoms with Crippen molar-refractivity contribution in [1.29, 1.82) is 0 Å². The van der Waals surface area contributed by atoms with E-state index in [1.807, 2.05) is 0 Å². The second-order valence-electron chi connectivity index (χ2n) is 14.0. The van der Waals surface area contributed by atoms with E-state index < -0.39 is 15.8 Å². The van der Waals surface area contributed by atoms with E-state index in [4.69, 9.17) is 0 Å². The molecular weight excluding hydrogens is 614 g/mol. The van der Waals surface area contributed by atoms with Crippen molar-refractivity contribution in [2.75, 3.05) is 12.3 Å². The number of aryl methyl sites for hydroxylation is 8. The molecule has 0 amide bonds. The van der Waals surface area contributed by atoms with Gasteiger partial charge in [0.1, 0.15) is 0 Å². The maximum absolute atomic E-state index is 2.60. The van der Waals surface area contributed by atoms with Gasteiger partial charge in [0.2, 0.25) is 0 Å². The summed E-state index contributed by atoms with van der Waals surface area (Å²) in [5, 5.41) is 6.40. The van der Waals surface area contributed by atoms with Gasteiger partial charge in [-0.15, -0.1) is 0 Å². The van der Waals surface area contributed by atoms with Crippen LogP contribution in [0.3, 0.4) is 0 Å². The second kappa shape index (κ2) is 17.6. The first-order valence-electron chi connectivity index (χ1n) is 19.4. The summed E-state index contributed by atoms with van der Waals surface area (Å²) in [5.41, 5.74) is 12.3. The Hall–Kier alpha value is -2.26. The first-order chi connectivity index (χ1) is 23.4. The molecule has 2 heteroatoms. The lowest BCUT2D eigenvalue weighted by Crippen LogP contribution is -2.35. The fourth-order valence-electron chi connectivity index (χ4n) is 8.12. The summed E-state index contributed by atoms with van der Waals surface area (Å²) < 4.78 is 0. The highest BCUT2D eigenvalue weighted by Crippen LogP contribution is 2.50. The van der Waals surface area contributed by atoms with E-state index in [1.165, 1.54) is 47.4 Å². The molecule has 5 rings (SSSR count). The maximum Gasteiger partial charge on any atom is -0.0192 e. The third-order valence-electron chi connectivity index (χ3n) is 11.5. The van der Waals surface area contributed by atoms with Gasteiger partial charge in [-0.2, -0.15) is 0 Å². The topological polar surface area (TPSA) is 0 Å². The number of hydrogen-bond donors (Lipinski definition) is 0. The minimum absolute atomic E-state index is 0.405. The van der Waals surface area contributed by atoms with Crippen LogP contribution in [0.5, 0.6) is 0 Å². The molecule has 4 aromatic carbocycles. The van der Waals surface area contributed by atoms with Crippen LogP contribution < -0.4 is 21.2 Å². The summed E-state index contributed by atoms with van der Waals surface area (Å²) in [6.45, 7) is 18.6. The van der Waals surface area contributed by atoms with Crippen molar-refractivity contribution in [2.45, 2.75) is 120 Å². The summed E-state index contributed by atoms with van der Waals surface area (Å²) in [4.78, 5) is 0. The average Bonchev–Trinajstić information content (AvgIpc) is 3.13. The Labute approximate surface area is 297 Å².